The first-order chi connectivity index (χ1) is 14.7. The number of alkyl halides is 4. The molecule has 0 spiro atoms. The highest BCUT2D eigenvalue weighted by Gasteiger charge is 2.66. The Kier molecular flexibility index (Phi) is 5.55. The van der Waals surface area contributed by atoms with Crippen LogP contribution in [0.4, 0.5) is 27.8 Å². The molecule has 5 nitrogen and oxygen atoms in total. The van der Waals surface area contributed by atoms with Crippen molar-refractivity contribution in [2.24, 2.45) is 16.7 Å². The number of hydrogen-bond donors (Lipinski definition) is 0. The van der Waals surface area contributed by atoms with Crippen LogP contribution in [0.25, 0.3) is 0 Å². The Morgan fingerprint density at radius 1 is 1.25 bits per heavy atom. The largest absolute Gasteiger partial charge is 0.417 e. The molecular weight excluding hydrogens is 453 g/mol. The molecule has 3 aliphatic rings. The molecule has 1 aromatic rings. The van der Waals surface area contributed by atoms with E-state index < -0.39 is 50.6 Å². The van der Waals surface area contributed by atoms with E-state index in [2.05, 4.69) is 4.98 Å². The van der Waals surface area contributed by atoms with E-state index in [-0.39, 0.29) is 37.1 Å². The van der Waals surface area contributed by atoms with Crippen molar-refractivity contribution >= 4 is 15.8 Å². The number of rotatable bonds is 4. The quantitative estimate of drug-likeness (QED) is 0.604. The predicted octanol–water partition coefficient (Wildman–Crippen LogP) is 4.24. The van der Waals surface area contributed by atoms with E-state index in [9.17, 15) is 30.4 Å². The maximum Gasteiger partial charge on any atom is 0.417 e. The van der Waals surface area contributed by atoms with Crippen LogP contribution in [0.2, 0.25) is 0 Å². The molecule has 3 fully saturated rings. The summed E-state index contributed by atoms with van der Waals surface area (Å²) in [5, 5.41) is 0. The topological polar surface area (TPSA) is 53.5 Å². The highest BCUT2D eigenvalue weighted by molar-refractivity contribution is 7.89. The maximum atomic E-state index is 15.0. The minimum absolute atomic E-state index is 0.0291. The number of hydrogen-bond acceptors (Lipinski definition) is 4. The Bertz CT molecular complexity index is 1000. The van der Waals surface area contributed by atoms with Crippen LogP contribution < -0.4 is 4.90 Å². The van der Waals surface area contributed by atoms with Crippen LogP contribution in [-0.2, 0) is 16.2 Å². The number of piperazine rings is 1. The lowest BCUT2D eigenvalue weighted by molar-refractivity contribution is -0.138. The normalized spacial score (nSPS) is 33.1. The lowest BCUT2D eigenvalue weighted by atomic mass is 9.70. The molecule has 1 unspecified atom stereocenters. The lowest BCUT2D eigenvalue weighted by Gasteiger charge is -2.43. The lowest BCUT2D eigenvalue weighted by Crippen LogP contribution is -2.56. The molecule has 0 amide bonds. The molecule has 0 radical (unpaired) electrons. The van der Waals surface area contributed by atoms with E-state index in [1.165, 1.54) is 9.21 Å². The highest BCUT2D eigenvalue weighted by Crippen LogP contribution is 2.67. The van der Waals surface area contributed by atoms with Crippen molar-refractivity contribution in [3.63, 3.8) is 0 Å². The molecule has 0 N–H and O–H groups in total. The first-order valence-corrected chi connectivity index (χ1v) is 12.4. The van der Waals surface area contributed by atoms with Gasteiger partial charge in [0.1, 0.15) is 6.17 Å². The molecule has 1 aliphatic heterocycles. The summed E-state index contributed by atoms with van der Waals surface area (Å²) in [6, 6.07) is -0.110. The Hall–Kier alpha value is -1.49. The molecule has 2 aliphatic carbocycles. The predicted molar refractivity (Wildman–Crippen MR) is 110 cm³/mol. The van der Waals surface area contributed by atoms with E-state index in [0.717, 1.165) is 6.42 Å². The van der Waals surface area contributed by atoms with E-state index in [4.69, 9.17) is 0 Å². The fourth-order valence-electron chi connectivity index (χ4n) is 6.02. The molecule has 1 saturated heterocycles. The molecule has 4 rings (SSSR count). The summed E-state index contributed by atoms with van der Waals surface area (Å²) in [5.41, 5.74) is -2.49. The van der Waals surface area contributed by atoms with Gasteiger partial charge < -0.3 is 4.90 Å². The van der Waals surface area contributed by atoms with Crippen LogP contribution in [0.1, 0.15) is 45.6 Å². The summed E-state index contributed by atoms with van der Waals surface area (Å²) in [4.78, 5) is 5.14. The number of halogens is 5. The van der Waals surface area contributed by atoms with Crippen molar-refractivity contribution in [1.82, 2.24) is 9.29 Å². The van der Waals surface area contributed by atoms with Crippen LogP contribution >= 0.6 is 0 Å². The summed E-state index contributed by atoms with van der Waals surface area (Å²) in [5.74, 6) is -1.42. The summed E-state index contributed by atoms with van der Waals surface area (Å²) >= 11 is 0. The van der Waals surface area contributed by atoms with Gasteiger partial charge in [0.05, 0.1) is 11.3 Å². The standard InChI is InChI=1S/C21H28F5N3O2S/c1-13-11-28(6-7-29(13)18-16(22)8-15(10-27-18)21(24,25)26)32(30,31)12-20-5-4-14(9-17(20)23)19(20,2)3/h8,10,13-14,17H,4-7,9,11-12H2,1-3H3/t13-,14+,17?,20-/m0/s1. The number of pyridine rings is 1. The van der Waals surface area contributed by atoms with Crippen molar-refractivity contribution in [1.29, 1.82) is 0 Å². The van der Waals surface area contributed by atoms with E-state index in [1.807, 2.05) is 13.8 Å². The van der Waals surface area contributed by atoms with E-state index in [1.54, 1.807) is 6.92 Å². The average molecular weight is 482 g/mol. The number of nitrogens with zero attached hydrogens (tertiary/aromatic N) is 3. The van der Waals surface area contributed by atoms with Crippen molar-refractivity contribution < 1.29 is 30.4 Å². The van der Waals surface area contributed by atoms with Crippen molar-refractivity contribution in [2.45, 2.75) is 58.4 Å². The zero-order valence-corrected chi connectivity index (χ0v) is 19.1. The van der Waals surface area contributed by atoms with Gasteiger partial charge in [-0.1, -0.05) is 13.8 Å². The third-order valence-electron chi connectivity index (χ3n) is 8.18. The first-order valence-electron chi connectivity index (χ1n) is 10.8. The van der Waals surface area contributed by atoms with Gasteiger partial charge in [0.2, 0.25) is 10.0 Å². The fraction of sp³-hybridized carbons (Fsp3) is 0.762. The van der Waals surface area contributed by atoms with Gasteiger partial charge in [-0.2, -0.15) is 17.5 Å². The van der Waals surface area contributed by atoms with Gasteiger partial charge >= 0.3 is 6.18 Å². The van der Waals surface area contributed by atoms with E-state index >= 15 is 0 Å². The second-order valence-corrected chi connectivity index (χ2v) is 12.0. The van der Waals surface area contributed by atoms with Gasteiger partial charge in [-0.05, 0) is 43.6 Å². The summed E-state index contributed by atoms with van der Waals surface area (Å²) < 4.78 is 95.6. The molecule has 4 atom stereocenters. The molecule has 1 aromatic heterocycles. The third kappa shape index (κ3) is 3.59. The summed E-state index contributed by atoms with van der Waals surface area (Å²) in [6.45, 7) is 5.72. The molecule has 180 valence electrons. The molecule has 2 heterocycles. The Labute approximate surface area is 185 Å². The van der Waals surface area contributed by atoms with Crippen LogP contribution in [0.3, 0.4) is 0 Å². The summed E-state index contributed by atoms with van der Waals surface area (Å²) in [7, 11) is -3.79. The van der Waals surface area contributed by atoms with Gasteiger partial charge in [-0.25, -0.2) is 22.2 Å². The van der Waals surface area contributed by atoms with Crippen molar-refractivity contribution in [2.75, 3.05) is 30.3 Å². The maximum absolute atomic E-state index is 15.0. The zero-order valence-electron chi connectivity index (χ0n) is 18.3. The Morgan fingerprint density at radius 3 is 2.44 bits per heavy atom. The Morgan fingerprint density at radius 2 is 1.94 bits per heavy atom. The number of aromatic nitrogens is 1. The summed E-state index contributed by atoms with van der Waals surface area (Å²) in [6.07, 6.45) is -3.52. The SMILES string of the molecule is C[C@H]1CN(S(=O)(=O)C[C@@]23CC[C@H](CC2F)C3(C)C)CCN1c1ncc(C(F)(F)F)cc1F. The van der Waals surface area contributed by atoms with Gasteiger partial charge in [-0.3, -0.25) is 0 Å². The van der Waals surface area contributed by atoms with E-state index in [0.29, 0.717) is 25.1 Å². The molecule has 0 aromatic carbocycles. The number of anilines is 1. The van der Waals surface area contributed by atoms with Gasteiger partial charge in [0, 0.05) is 37.3 Å². The van der Waals surface area contributed by atoms with Crippen LogP contribution in [0.15, 0.2) is 12.3 Å². The Balaban J connectivity index is 1.50. The van der Waals surface area contributed by atoms with Crippen molar-refractivity contribution in [3.05, 3.63) is 23.6 Å². The second-order valence-electron chi connectivity index (χ2n) is 10.0. The van der Waals surface area contributed by atoms with Gasteiger partial charge in [0.25, 0.3) is 0 Å². The monoisotopic (exact) mass is 481 g/mol. The van der Waals surface area contributed by atoms with Crippen molar-refractivity contribution in [3.8, 4) is 0 Å². The van der Waals surface area contributed by atoms with Crippen LogP contribution in [0.5, 0.6) is 0 Å². The minimum atomic E-state index is -4.70. The first kappa shape index (κ1) is 23.7. The molecule has 2 saturated carbocycles. The highest BCUT2D eigenvalue weighted by atomic mass is 32.2. The van der Waals surface area contributed by atoms with Crippen LogP contribution in [-0.4, -0.2) is 55.3 Å². The van der Waals surface area contributed by atoms with Gasteiger partial charge in [0.15, 0.2) is 11.6 Å². The fourth-order valence-corrected chi connectivity index (χ4v) is 8.36. The molecule has 11 heteroatoms. The third-order valence-corrected chi connectivity index (χ3v) is 10.2. The second kappa shape index (κ2) is 7.51. The minimum Gasteiger partial charge on any atom is -0.349 e. The van der Waals surface area contributed by atoms with Gasteiger partial charge in [-0.15, -0.1) is 0 Å². The number of fused-ring (bicyclic) bond motifs is 2. The molecule has 32 heavy (non-hydrogen) atoms. The molecule has 2 bridgehead atoms. The number of sulfonamides is 1. The average Bonchev–Trinajstić information content (AvgIpc) is 3.01. The zero-order chi connectivity index (χ0) is 23.7. The molecular formula is C21H28F5N3O2S. The van der Waals surface area contributed by atoms with Crippen LogP contribution in [0, 0.1) is 22.6 Å². The smallest absolute Gasteiger partial charge is 0.349 e.